The van der Waals surface area contributed by atoms with E-state index in [9.17, 15) is 5.11 Å². The van der Waals surface area contributed by atoms with E-state index in [1.54, 1.807) is 12.7 Å². The van der Waals surface area contributed by atoms with Crippen molar-refractivity contribution in [1.82, 2.24) is 19.5 Å². The van der Waals surface area contributed by atoms with Crippen LogP contribution in [0.4, 0.5) is 5.82 Å². The molecule has 150 valence electrons. The molecular formula is C18H29N5O4. The summed E-state index contributed by atoms with van der Waals surface area (Å²) in [7, 11) is 0. The number of anilines is 1. The number of aromatic nitrogens is 4. The van der Waals surface area contributed by atoms with E-state index < -0.39 is 5.79 Å². The van der Waals surface area contributed by atoms with E-state index in [2.05, 4.69) is 20.3 Å². The zero-order valence-corrected chi connectivity index (χ0v) is 15.9. The molecule has 2 aliphatic rings. The van der Waals surface area contributed by atoms with Crippen molar-refractivity contribution in [3.05, 3.63) is 12.7 Å². The fraction of sp³-hybridized carbons (Fsp3) is 0.722. The maximum Gasteiger partial charge on any atom is 0.167 e. The molecule has 9 nitrogen and oxygen atoms in total. The first kappa shape index (κ1) is 19.9. The van der Waals surface area contributed by atoms with Crippen LogP contribution in [-0.2, 0) is 4.74 Å². The van der Waals surface area contributed by atoms with Gasteiger partial charge < -0.3 is 25.4 Å². The molecule has 4 N–H and O–H groups in total. The van der Waals surface area contributed by atoms with Crippen LogP contribution in [0.3, 0.4) is 0 Å². The first-order valence-electron chi connectivity index (χ1n) is 9.50. The van der Waals surface area contributed by atoms with Crippen molar-refractivity contribution < 1.29 is 20.1 Å². The van der Waals surface area contributed by atoms with Gasteiger partial charge in [-0.1, -0.05) is 12.8 Å². The van der Waals surface area contributed by atoms with Gasteiger partial charge in [0.1, 0.15) is 12.6 Å². The number of hydrogen-bond acceptors (Lipinski definition) is 8. The molecule has 1 aliphatic heterocycles. The van der Waals surface area contributed by atoms with E-state index in [0.29, 0.717) is 6.04 Å². The molecule has 0 aromatic carbocycles. The van der Waals surface area contributed by atoms with Crippen LogP contribution in [0.2, 0.25) is 0 Å². The zero-order valence-electron chi connectivity index (χ0n) is 15.9. The minimum absolute atomic E-state index is 0.0621. The Balaban J connectivity index is 0.000000376. The van der Waals surface area contributed by atoms with E-state index in [4.69, 9.17) is 14.9 Å². The molecule has 2 aromatic rings. The third-order valence-electron chi connectivity index (χ3n) is 4.65. The fourth-order valence-electron chi connectivity index (χ4n) is 3.46. The summed E-state index contributed by atoms with van der Waals surface area (Å²) in [5.41, 5.74) is 1.59. The lowest BCUT2D eigenvalue weighted by molar-refractivity contribution is -0.127. The number of hydrogen-bond donors (Lipinski definition) is 4. The highest BCUT2D eigenvalue weighted by Crippen LogP contribution is 2.31. The molecule has 27 heavy (non-hydrogen) atoms. The van der Waals surface area contributed by atoms with Gasteiger partial charge in [-0.3, -0.25) is 4.57 Å². The first-order valence-corrected chi connectivity index (χ1v) is 9.50. The molecule has 2 aromatic heterocycles. The van der Waals surface area contributed by atoms with Gasteiger partial charge in [-0.25, -0.2) is 15.0 Å². The van der Waals surface area contributed by atoms with Gasteiger partial charge in [-0.05, 0) is 39.5 Å². The number of aliphatic hydroxyl groups excluding tert-OH is 1. The van der Waals surface area contributed by atoms with E-state index in [-0.39, 0.29) is 18.9 Å². The van der Waals surface area contributed by atoms with Crippen LogP contribution < -0.4 is 5.32 Å². The van der Waals surface area contributed by atoms with Crippen LogP contribution >= 0.6 is 0 Å². The Morgan fingerprint density at radius 2 is 1.85 bits per heavy atom. The van der Waals surface area contributed by atoms with Crippen molar-refractivity contribution in [2.45, 2.75) is 76.5 Å². The topological polar surface area (TPSA) is 126 Å². The van der Waals surface area contributed by atoms with Crippen molar-refractivity contribution in [3.8, 4) is 0 Å². The number of fused-ring (bicyclic) bond motifs is 1. The van der Waals surface area contributed by atoms with Gasteiger partial charge in [0.25, 0.3) is 0 Å². The molecule has 2 atom stereocenters. The lowest BCUT2D eigenvalue weighted by Crippen LogP contribution is -2.16. The Morgan fingerprint density at radius 1 is 1.15 bits per heavy atom. The van der Waals surface area contributed by atoms with Crippen molar-refractivity contribution >= 4 is 17.0 Å². The summed E-state index contributed by atoms with van der Waals surface area (Å²) in [6, 6.07) is 0.491. The quantitative estimate of drug-likeness (QED) is 0.590. The zero-order chi connectivity index (χ0) is 19.4. The predicted octanol–water partition coefficient (Wildman–Crippen LogP) is 1.56. The maximum atomic E-state index is 9.21. The summed E-state index contributed by atoms with van der Waals surface area (Å²) >= 11 is 0. The fourth-order valence-corrected chi connectivity index (χ4v) is 3.46. The standard InChI is InChI=1S/C15H21N5O2.C3H8O2/c21-7-11-5-6-12(22-11)20-9-18-13-14(16-8-17-15(13)20)19-10-3-1-2-4-10;1-3(2,4)5/h8-12,21H,1-7H2,(H,16,17,19);4-5H,1-2H3/t11-,12+;/m0./s1. The Kier molecular flexibility index (Phi) is 6.25. The minimum atomic E-state index is -1.50. The molecule has 0 amide bonds. The molecular weight excluding hydrogens is 350 g/mol. The average molecular weight is 379 g/mol. The average Bonchev–Trinajstić information content (AvgIpc) is 3.33. The summed E-state index contributed by atoms with van der Waals surface area (Å²) in [5, 5.41) is 28.9. The van der Waals surface area contributed by atoms with Crippen LogP contribution in [0.5, 0.6) is 0 Å². The smallest absolute Gasteiger partial charge is 0.167 e. The van der Waals surface area contributed by atoms with Crippen LogP contribution in [0.1, 0.15) is 58.6 Å². The van der Waals surface area contributed by atoms with Crippen LogP contribution in [0.15, 0.2) is 12.7 Å². The van der Waals surface area contributed by atoms with Crippen molar-refractivity contribution in [3.63, 3.8) is 0 Å². The second kappa shape index (κ2) is 8.47. The molecule has 1 aliphatic carbocycles. The van der Waals surface area contributed by atoms with Crippen molar-refractivity contribution in [2.75, 3.05) is 11.9 Å². The van der Waals surface area contributed by atoms with Gasteiger partial charge in [-0.15, -0.1) is 0 Å². The number of nitrogens with one attached hydrogen (secondary N) is 1. The van der Waals surface area contributed by atoms with Gasteiger partial charge in [0.15, 0.2) is 22.8 Å². The maximum absolute atomic E-state index is 9.21. The summed E-state index contributed by atoms with van der Waals surface area (Å²) in [6.07, 6.45) is 9.83. The lowest BCUT2D eigenvalue weighted by Gasteiger charge is -2.15. The van der Waals surface area contributed by atoms with Gasteiger partial charge in [0.2, 0.25) is 0 Å². The van der Waals surface area contributed by atoms with Crippen LogP contribution in [0, 0.1) is 0 Å². The molecule has 0 bridgehead atoms. The summed E-state index contributed by atoms with van der Waals surface area (Å²) in [5.74, 6) is -0.688. The third kappa shape index (κ3) is 5.35. The summed E-state index contributed by atoms with van der Waals surface area (Å²) in [6.45, 7) is 2.66. The van der Waals surface area contributed by atoms with E-state index >= 15 is 0 Å². The Morgan fingerprint density at radius 3 is 2.48 bits per heavy atom. The van der Waals surface area contributed by atoms with Gasteiger partial charge in [0.05, 0.1) is 19.0 Å². The molecule has 1 saturated carbocycles. The third-order valence-corrected chi connectivity index (χ3v) is 4.65. The SMILES string of the molecule is CC(C)(O)O.OC[C@@H]1CC[C@H](n2cnc3c(NC4CCCC4)ncnc32)O1. The van der Waals surface area contributed by atoms with Crippen LogP contribution in [-0.4, -0.2) is 59.4 Å². The summed E-state index contributed by atoms with van der Waals surface area (Å²) < 4.78 is 7.78. The van der Waals surface area contributed by atoms with Gasteiger partial charge in [-0.2, -0.15) is 0 Å². The Bertz CT molecular complexity index is 733. The first-order chi connectivity index (χ1) is 12.8. The summed E-state index contributed by atoms with van der Waals surface area (Å²) in [4.78, 5) is 13.2. The number of imidazole rings is 1. The molecule has 0 unspecified atom stereocenters. The monoisotopic (exact) mass is 379 g/mol. The molecule has 4 rings (SSSR count). The number of rotatable bonds is 4. The number of aliphatic hydroxyl groups is 3. The van der Waals surface area contributed by atoms with Gasteiger partial charge in [0, 0.05) is 6.04 Å². The van der Waals surface area contributed by atoms with Crippen molar-refractivity contribution in [2.24, 2.45) is 0 Å². The Hall–Kier alpha value is -1.81. The van der Waals surface area contributed by atoms with Crippen LogP contribution in [0.25, 0.3) is 11.2 Å². The second-order valence-corrected chi connectivity index (χ2v) is 7.64. The molecule has 0 radical (unpaired) electrons. The molecule has 0 spiro atoms. The van der Waals surface area contributed by atoms with E-state index in [1.165, 1.54) is 39.5 Å². The van der Waals surface area contributed by atoms with E-state index in [1.807, 2.05) is 4.57 Å². The minimum Gasteiger partial charge on any atom is -0.394 e. The van der Waals surface area contributed by atoms with E-state index in [0.717, 1.165) is 29.8 Å². The van der Waals surface area contributed by atoms with Gasteiger partial charge >= 0.3 is 0 Å². The molecule has 9 heteroatoms. The second-order valence-electron chi connectivity index (χ2n) is 7.64. The Labute approximate surface area is 158 Å². The largest absolute Gasteiger partial charge is 0.394 e. The highest BCUT2D eigenvalue weighted by atomic mass is 16.5. The lowest BCUT2D eigenvalue weighted by atomic mass is 10.2. The predicted molar refractivity (Wildman–Crippen MR) is 99.9 cm³/mol. The highest BCUT2D eigenvalue weighted by molar-refractivity contribution is 5.82. The normalized spacial score (nSPS) is 23.4. The molecule has 3 heterocycles. The number of ether oxygens (including phenoxy) is 1. The molecule has 2 fully saturated rings. The van der Waals surface area contributed by atoms with Crippen molar-refractivity contribution in [1.29, 1.82) is 0 Å². The highest BCUT2D eigenvalue weighted by Gasteiger charge is 2.28. The molecule has 1 saturated heterocycles. The number of nitrogens with zero attached hydrogens (tertiary/aromatic N) is 4.